The molecule has 144 valence electrons. The van der Waals surface area contributed by atoms with Gasteiger partial charge in [0.15, 0.2) is 11.5 Å². The maximum absolute atomic E-state index is 12.5. The molecule has 0 aromatic heterocycles. The number of amides is 1. The standard InChI is InChI=1S/C22H21ClN2O3/c1-4-9-28-21-19(23)12-16(13-20(21)27-5-2)11-17(14-24)22(26)25-18-8-6-7-15(3)10-18/h4,6-8,10-13H,1,5,9H2,2-3H3,(H,25,26)/b17-11+. The molecule has 28 heavy (non-hydrogen) atoms. The summed E-state index contributed by atoms with van der Waals surface area (Å²) >= 11 is 6.31. The topological polar surface area (TPSA) is 71.3 Å². The van der Waals surface area contributed by atoms with Crippen molar-refractivity contribution in [1.29, 1.82) is 5.26 Å². The lowest BCUT2D eigenvalue weighted by atomic mass is 10.1. The fourth-order valence-corrected chi connectivity index (χ4v) is 2.73. The summed E-state index contributed by atoms with van der Waals surface area (Å²) in [6, 6.07) is 12.5. The van der Waals surface area contributed by atoms with Gasteiger partial charge in [0, 0.05) is 5.69 Å². The zero-order valence-corrected chi connectivity index (χ0v) is 16.5. The van der Waals surface area contributed by atoms with Crippen LogP contribution in [0.15, 0.2) is 54.6 Å². The second-order valence-electron chi connectivity index (χ2n) is 5.86. The summed E-state index contributed by atoms with van der Waals surface area (Å²) in [6.45, 7) is 8.05. The van der Waals surface area contributed by atoms with Gasteiger partial charge in [-0.15, -0.1) is 0 Å². The van der Waals surface area contributed by atoms with Gasteiger partial charge >= 0.3 is 0 Å². The van der Waals surface area contributed by atoms with Gasteiger partial charge in [-0.05, 0) is 55.3 Å². The lowest BCUT2D eigenvalue weighted by Gasteiger charge is -2.13. The Balaban J connectivity index is 2.33. The van der Waals surface area contributed by atoms with Gasteiger partial charge in [-0.2, -0.15) is 5.26 Å². The first-order chi connectivity index (χ1) is 13.5. The summed E-state index contributed by atoms with van der Waals surface area (Å²) in [4.78, 5) is 12.5. The molecular weight excluding hydrogens is 376 g/mol. The zero-order valence-electron chi connectivity index (χ0n) is 15.8. The quantitative estimate of drug-likeness (QED) is 0.380. The third-order valence-corrected chi connectivity index (χ3v) is 3.91. The van der Waals surface area contributed by atoms with Gasteiger partial charge in [-0.1, -0.05) is 36.4 Å². The molecule has 0 saturated heterocycles. The number of carbonyl (C=O) groups excluding carboxylic acids is 1. The molecule has 2 aromatic rings. The monoisotopic (exact) mass is 396 g/mol. The van der Waals surface area contributed by atoms with Crippen LogP contribution in [-0.2, 0) is 4.79 Å². The molecule has 0 aliphatic carbocycles. The molecule has 6 heteroatoms. The Morgan fingerprint density at radius 3 is 2.75 bits per heavy atom. The van der Waals surface area contributed by atoms with Crippen LogP contribution >= 0.6 is 11.6 Å². The number of nitriles is 1. The van der Waals surface area contributed by atoms with E-state index in [1.54, 1.807) is 24.3 Å². The molecule has 0 spiro atoms. The number of hydrogen-bond donors (Lipinski definition) is 1. The van der Waals surface area contributed by atoms with Crippen molar-refractivity contribution in [3.05, 3.63) is 70.8 Å². The first-order valence-corrected chi connectivity index (χ1v) is 9.06. The van der Waals surface area contributed by atoms with E-state index in [1.807, 2.05) is 38.1 Å². The van der Waals surface area contributed by atoms with Crippen LogP contribution in [0.3, 0.4) is 0 Å². The van der Waals surface area contributed by atoms with Gasteiger partial charge in [0.25, 0.3) is 5.91 Å². The normalized spacial score (nSPS) is 10.7. The van der Waals surface area contributed by atoms with E-state index >= 15 is 0 Å². The second kappa shape index (κ2) is 10.2. The molecule has 0 fully saturated rings. The number of aryl methyl sites for hydroxylation is 1. The lowest BCUT2D eigenvalue weighted by molar-refractivity contribution is -0.112. The van der Waals surface area contributed by atoms with Gasteiger partial charge in [-0.3, -0.25) is 4.79 Å². The van der Waals surface area contributed by atoms with Crippen molar-refractivity contribution >= 4 is 29.3 Å². The second-order valence-corrected chi connectivity index (χ2v) is 6.26. The predicted octanol–water partition coefficient (Wildman–Crippen LogP) is 5.16. The molecule has 0 aliphatic rings. The van der Waals surface area contributed by atoms with E-state index in [0.717, 1.165) is 5.56 Å². The van der Waals surface area contributed by atoms with Crippen molar-refractivity contribution < 1.29 is 14.3 Å². The van der Waals surface area contributed by atoms with Crippen LogP contribution in [0, 0.1) is 18.3 Å². The number of hydrogen-bond acceptors (Lipinski definition) is 4. The van der Waals surface area contributed by atoms with Crippen LogP contribution in [-0.4, -0.2) is 19.1 Å². The number of halogens is 1. The highest BCUT2D eigenvalue weighted by Gasteiger charge is 2.14. The molecule has 0 saturated carbocycles. The number of nitrogens with zero attached hydrogens (tertiary/aromatic N) is 1. The first-order valence-electron chi connectivity index (χ1n) is 8.68. The summed E-state index contributed by atoms with van der Waals surface area (Å²) < 4.78 is 11.1. The number of anilines is 1. The Morgan fingerprint density at radius 2 is 2.11 bits per heavy atom. The van der Waals surface area contributed by atoms with E-state index in [2.05, 4.69) is 11.9 Å². The molecule has 0 aliphatic heterocycles. The zero-order chi connectivity index (χ0) is 20.5. The number of carbonyl (C=O) groups is 1. The summed E-state index contributed by atoms with van der Waals surface area (Å²) in [5.74, 6) is 0.317. The molecule has 2 rings (SSSR count). The average molecular weight is 397 g/mol. The van der Waals surface area contributed by atoms with Crippen LogP contribution < -0.4 is 14.8 Å². The average Bonchev–Trinajstić information content (AvgIpc) is 2.65. The minimum Gasteiger partial charge on any atom is -0.490 e. The summed E-state index contributed by atoms with van der Waals surface area (Å²) in [6.07, 6.45) is 3.06. The number of benzene rings is 2. The molecule has 0 heterocycles. The highest BCUT2D eigenvalue weighted by molar-refractivity contribution is 6.32. The largest absolute Gasteiger partial charge is 0.490 e. The summed E-state index contributed by atoms with van der Waals surface area (Å²) in [5, 5.41) is 12.5. The van der Waals surface area contributed by atoms with E-state index in [1.165, 1.54) is 6.08 Å². The van der Waals surface area contributed by atoms with Crippen LogP contribution in [0.5, 0.6) is 11.5 Å². The Morgan fingerprint density at radius 1 is 1.32 bits per heavy atom. The highest BCUT2D eigenvalue weighted by atomic mass is 35.5. The molecule has 0 radical (unpaired) electrons. The molecule has 2 aromatic carbocycles. The van der Waals surface area contributed by atoms with Crippen LogP contribution in [0.25, 0.3) is 6.08 Å². The van der Waals surface area contributed by atoms with Crippen molar-refractivity contribution in [2.24, 2.45) is 0 Å². The number of nitrogens with one attached hydrogen (secondary N) is 1. The minimum absolute atomic E-state index is 0.0558. The van der Waals surface area contributed by atoms with Gasteiger partial charge in [0.1, 0.15) is 18.2 Å². The SMILES string of the molecule is C=CCOc1c(Cl)cc(/C=C(\C#N)C(=O)Nc2cccc(C)c2)cc1OCC. The van der Waals surface area contributed by atoms with Crippen molar-refractivity contribution in [2.45, 2.75) is 13.8 Å². The third kappa shape index (κ3) is 5.63. The summed E-state index contributed by atoms with van der Waals surface area (Å²) in [5.41, 5.74) is 2.12. The van der Waals surface area contributed by atoms with Crippen LogP contribution in [0.2, 0.25) is 5.02 Å². The van der Waals surface area contributed by atoms with Gasteiger partial charge in [-0.25, -0.2) is 0 Å². The number of ether oxygens (including phenoxy) is 2. The van der Waals surface area contributed by atoms with Crippen LogP contribution in [0.4, 0.5) is 5.69 Å². The summed E-state index contributed by atoms with van der Waals surface area (Å²) in [7, 11) is 0. The van der Waals surface area contributed by atoms with Crippen molar-refractivity contribution in [3.8, 4) is 17.6 Å². The van der Waals surface area contributed by atoms with Gasteiger partial charge < -0.3 is 14.8 Å². The van der Waals surface area contributed by atoms with E-state index in [-0.39, 0.29) is 12.2 Å². The lowest BCUT2D eigenvalue weighted by Crippen LogP contribution is -2.13. The Kier molecular flexibility index (Phi) is 7.67. The van der Waals surface area contributed by atoms with Crippen molar-refractivity contribution in [2.75, 3.05) is 18.5 Å². The maximum Gasteiger partial charge on any atom is 0.266 e. The molecule has 0 unspecified atom stereocenters. The molecule has 0 bridgehead atoms. The van der Waals surface area contributed by atoms with Crippen molar-refractivity contribution in [3.63, 3.8) is 0 Å². The van der Waals surface area contributed by atoms with E-state index in [4.69, 9.17) is 21.1 Å². The van der Waals surface area contributed by atoms with Gasteiger partial charge in [0.05, 0.1) is 11.6 Å². The molecule has 5 nitrogen and oxygen atoms in total. The molecule has 1 amide bonds. The van der Waals surface area contributed by atoms with E-state index in [9.17, 15) is 10.1 Å². The Labute approximate surface area is 169 Å². The van der Waals surface area contributed by atoms with Crippen molar-refractivity contribution in [1.82, 2.24) is 0 Å². The number of rotatable bonds is 8. The molecule has 0 atom stereocenters. The Hall–Kier alpha value is -3.23. The minimum atomic E-state index is -0.505. The maximum atomic E-state index is 12.5. The smallest absolute Gasteiger partial charge is 0.266 e. The van der Waals surface area contributed by atoms with Crippen LogP contribution in [0.1, 0.15) is 18.1 Å². The fraction of sp³-hybridized carbons (Fsp3) is 0.182. The fourth-order valence-electron chi connectivity index (χ4n) is 2.45. The Bertz CT molecular complexity index is 945. The van der Waals surface area contributed by atoms with E-state index in [0.29, 0.717) is 34.4 Å². The molecular formula is C22H21ClN2O3. The molecule has 1 N–H and O–H groups in total. The first kappa shape index (κ1) is 21.1. The van der Waals surface area contributed by atoms with Gasteiger partial charge in [0.2, 0.25) is 0 Å². The van der Waals surface area contributed by atoms with E-state index < -0.39 is 5.91 Å². The third-order valence-electron chi connectivity index (χ3n) is 3.63. The highest BCUT2D eigenvalue weighted by Crippen LogP contribution is 2.37. The predicted molar refractivity (Wildman–Crippen MR) is 112 cm³/mol.